The summed E-state index contributed by atoms with van der Waals surface area (Å²) in [5.74, 6) is 0.411. The summed E-state index contributed by atoms with van der Waals surface area (Å²) in [5.41, 5.74) is 11.7. The highest BCUT2D eigenvalue weighted by Crippen LogP contribution is 2.42. The standard InChI is InChI=1S/C41H56Si/c1-14-15-16-33-17-19-36(20-18-33)42(37-22-27(2)21-28(3)23-37,39-31(6)29(4)30(5)32(39)7)38-25-34(40(8,9)10)24-35(26-38)41(11,12)13/h17-26,31H,14-16H2,1-13H3. The summed E-state index contributed by atoms with van der Waals surface area (Å²) < 4.78 is 0. The van der Waals surface area contributed by atoms with E-state index in [9.17, 15) is 0 Å². The Morgan fingerprint density at radius 3 is 1.55 bits per heavy atom. The summed E-state index contributed by atoms with van der Waals surface area (Å²) in [4.78, 5) is 0. The van der Waals surface area contributed by atoms with Crippen LogP contribution in [-0.2, 0) is 17.3 Å². The fraction of sp³-hybridized carbons (Fsp3) is 0.463. The van der Waals surface area contributed by atoms with Crippen LogP contribution in [0.25, 0.3) is 0 Å². The van der Waals surface area contributed by atoms with Gasteiger partial charge in [-0.2, -0.15) is 0 Å². The Bertz CT molecular complexity index is 1460. The number of hydrogen-bond acceptors (Lipinski definition) is 0. The highest BCUT2D eigenvalue weighted by atomic mass is 28.3. The molecule has 2 unspecified atom stereocenters. The topological polar surface area (TPSA) is 0 Å². The molecule has 42 heavy (non-hydrogen) atoms. The molecule has 0 radical (unpaired) electrons. The zero-order chi connectivity index (χ0) is 31.2. The maximum atomic E-state index is 2.61. The molecular weight excluding hydrogens is 521 g/mol. The van der Waals surface area contributed by atoms with Crippen molar-refractivity contribution in [2.75, 3.05) is 0 Å². The second-order valence-corrected chi connectivity index (χ2v) is 19.1. The molecule has 4 rings (SSSR count). The second kappa shape index (κ2) is 11.8. The average Bonchev–Trinajstić information content (AvgIpc) is 3.10. The minimum atomic E-state index is -2.70. The van der Waals surface area contributed by atoms with Gasteiger partial charge in [-0.05, 0) is 102 Å². The maximum absolute atomic E-state index is 2.70. The van der Waals surface area contributed by atoms with Crippen LogP contribution < -0.4 is 15.6 Å². The number of unbranched alkanes of at least 4 members (excludes halogenated alkanes) is 1. The maximum Gasteiger partial charge on any atom is 0.176 e. The third-order valence-corrected chi connectivity index (χ3v) is 15.1. The van der Waals surface area contributed by atoms with Crippen LogP contribution in [0, 0.1) is 19.8 Å². The van der Waals surface area contributed by atoms with Gasteiger partial charge in [0.2, 0.25) is 0 Å². The molecule has 0 amide bonds. The molecule has 0 fully saturated rings. The Morgan fingerprint density at radius 2 is 1.12 bits per heavy atom. The van der Waals surface area contributed by atoms with Crippen LogP contribution in [0.15, 0.2) is 82.6 Å². The van der Waals surface area contributed by atoms with E-state index in [1.165, 1.54) is 72.9 Å². The summed E-state index contributed by atoms with van der Waals surface area (Å²) in [7, 11) is -2.70. The van der Waals surface area contributed by atoms with Gasteiger partial charge in [0.05, 0.1) is 0 Å². The predicted octanol–water partition coefficient (Wildman–Crippen LogP) is 9.55. The lowest BCUT2D eigenvalue weighted by molar-refractivity contribution is 0.569. The van der Waals surface area contributed by atoms with E-state index < -0.39 is 8.07 Å². The van der Waals surface area contributed by atoms with E-state index in [-0.39, 0.29) is 10.8 Å². The molecule has 224 valence electrons. The summed E-state index contributed by atoms with van der Waals surface area (Å²) in [6.45, 7) is 30.7. The molecule has 0 aliphatic heterocycles. The first-order valence-electron chi connectivity index (χ1n) is 16.3. The molecule has 2 atom stereocenters. The first-order valence-corrected chi connectivity index (χ1v) is 18.3. The Balaban J connectivity index is 2.25. The molecule has 0 aromatic heterocycles. The minimum Gasteiger partial charge on any atom is -0.0654 e. The molecule has 1 heteroatoms. The number of allylic oxidation sites excluding steroid dienone is 4. The van der Waals surface area contributed by atoms with E-state index in [2.05, 4.69) is 151 Å². The van der Waals surface area contributed by atoms with E-state index in [1.807, 2.05) is 0 Å². The highest BCUT2D eigenvalue weighted by Gasteiger charge is 2.48. The summed E-state index contributed by atoms with van der Waals surface area (Å²) in [6.07, 6.45) is 3.62. The fourth-order valence-electron chi connectivity index (χ4n) is 7.14. The third kappa shape index (κ3) is 5.92. The van der Waals surface area contributed by atoms with Gasteiger partial charge in [-0.1, -0.05) is 150 Å². The largest absolute Gasteiger partial charge is 0.176 e. The van der Waals surface area contributed by atoms with Crippen molar-refractivity contribution in [1.29, 1.82) is 0 Å². The van der Waals surface area contributed by atoms with Gasteiger partial charge in [0.1, 0.15) is 0 Å². The number of hydrogen-bond donors (Lipinski definition) is 0. The molecule has 0 saturated heterocycles. The zero-order valence-electron chi connectivity index (χ0n) is 29.0. The van der Waals surface area contributed by atoms with Gasteiger partial charge in [0.25, 0.3) is 0 Å². The lowest BCUT2D eigenvalue weighted by Crippen LogP contribution is -2.70. The predicted molar refractivity (Wildman–Crippen MR) is 190 cm³/mol. The normalized spacial score (nSPS) is 17.7. The molecule has 1 aliphatic rings. The van der Waals surface area contributed by atoms with E-state index in [4.69, 9.17) is 0 Å². The van der Waals surface area contributed by atoms with Crippen molar-refractivity contribution in [3.05, 3.63) is 110 Å². The van der Waals surface area contributed by atoms with Gasteiger partial charge in [0, 0.05) is 0 Å². The Morgan fingerprint density at radius 1 is 0.619 bits per heavy atom. The SMILES string of the molecule is CCCCc1ccc([Si](C2=C(C)C(C)=C(C)C2C)(c2cc(C)cc(C)c2)c2cc(C(C)(C)C)cc(C(C)(C)C)c2)cc1. The van der Waals surface area contributed by atoms with Gasteiger partial charge in [-0.25, -0.2) is 0 Å². The molecule has 0 spiro atoms. The second-order valence-electron chi connectivity index (χ2n) is 15.3. The number of benzene rings is 3. The van der Waals surface area contributed by atoms with Crippen molar-refractivity contribution < 1.29 is 0 Å². The van der Waals surface area contributed by atoms with Gasteiger partial charge < -0.3 is 0 Å². The number of aryl methyl sites for hydroxylation is 3. The molecular formula is C41H56Si. The molecule has 0 bridgehead atoms. The first-order chi connectivity index (χ1) is 19.5. The monoisotopic (exact) mass is 576 g/mol. The lowest BCUT2D eigenvalue weighted by atomic mass is 9.81. The first kappa shape index (κ1) is 32.3. The summed E-state index contributed by atoms with van der Waals surface area (Å²) in [6, 6.07) is 25.0. The van der Waals surface area contributed by atoms with Gasteiger partial charge in [0.15, 0.2) is 8.07 Å². The van der Waals surface area contributed by atoms with Gasteiger partial charge >= 0.3 is 0 Å². The van der Waals surface area contributed by atoms with E-state index in [1.54, 1.807) is 5.20 Å². The highest BCUT2D eigenvalue weighted by molar-refractivity contribution is 7.16. The van der Waals surface area contributed by atoms with Gasteiger partial charge in [-0.15, -0.1) is 0 Å². The van der Waals surface area contributed by atoms with E-state index in [0.717, 1.165) is 6.42 Å². The molecule has 0 nitrogen and oxygen atoms in total. The summed E-state index contributed by atoms with van der Waals surface area (Å²) >= 11 is 0. The van der Waals surface area contributed by atoms with Crippen molar-refractivity contribution in [2.45, 2.75) is 120 Å². The Labute approximate surface area is 259 Å². The minimum absolute atomic E-state index is 0.0531. The van der Waals surface area contributed by atoms with E-state index >= 15 is 0 Å². The van der Waals surface area contributed by atoms with Crippen molar-refractivity contribution >= 4 is 23.6 Å². The van der Waals surface area contributed by atoms with Crippen LogP contribution in [0.1, 0.15) is 117 Å². The zero-order valence-corrected chi connectivity index (χ0v) is 30.0. The summed E-state index contributed by atoms with van der Waals surface area (Å²) in [5, 5.41) is 6.25. The van der Waals surface area contributed by atoms with Gasteiger partial charge in [-0.3, -0.25) is 0 Å². The van der Waals surface area contributed by atoms with Crippen LogP contribution in [0.5, 0.6) is 0 Å². The van der Waals surface area contributed by atoms with Crippen LogP contribution in [-0.4, -0.2) is 8.07 Å². The third-order valence-electron chi connectivity index (χ3n) is 10.0. The molecule has 0 heterocycles. The smallest absolute Gasteiger partial charge is 0.0654 e. The van der Waals surface area contributed by atoms with Crippen molar-refractivity contribution in [3.63, 3.8) is 0 Å². The van der Waals surface area contributed by atoms with Crippen molar-refractivity contribution in [2.24, 2.45) is 5.92 Å². The Kier molecular flexibility index (Phi) is 9.07. The number of rotatable bonds is 7. The van der Waals surface area contributed by atoms with Crippen LogP contribution in [0.3, 0.4) is 0 Å². The molecule has 3 aromatic carbocycles. The Hall–Kier alpha value is -2.64. The average molecular weight is 577 g/mol. The fourth-order valence-corrected chi connectivity index (χ4v) is 13.0. The van der Waals surface area contributed by atoms with Crippen LogP contribution >= 0.6 is 0 Å². The molecule has 0 saturated carbocycles. The van der Waals surface area contributed by atoms with Crippen molar-refractivity contribution in [3.8, 4) is 0 Å². The van der Waals surface area contributed by atoms with Crippen LogP contribution in [0.4, 0.5) is 0 Å². The quantitative estimate of drug-likeness (QED) is 0.194. The molecule has 1 aliphatic carbocycles. The van der Waals surface area contributed by atoms with Crippen molar-refractivity contribution in [1.82, 2.24) is 0 Å². The van der Waals surface area contributed by atoms with Crippen LogP contribution in [0.2, 0.25) is 0 Å². The lowest BCUT2D eigenvalue weighted by Gasteiger charge is -2.40. The molecule has 3 aromatic rings. The molecule has 0 N–H and O–H groups in total. The van der Waals surface area contributed by atoms with E-state index in [0.29, 0.717) is 5.92 Å².